The maximum Gasteiger partial charge on any atom is 0.246 e. The summed E-state index contributed by atoms with van der Waals surface area (Å²) >= 11 is 7.45. The molecule has 1 aromatic heterocycles. The molecule has 3 rings (SSSR count). The van der Waals surface area contributed by atoms with E-state index in [-0.39, 0.29) is 17.7 Å². The second kappa shape index (κ2) is 9.80. The van der Waals surface area contributed by atoms with Crippen LogP contribution in [0.5, 0.6) is 5.75 Å². The van der Waals surface area contributed by atoms with E-state index in [1.807, 2.05) is 55.5 Å². The quantitative estimate of drug-likeness (QED) is 0.471. The molecule has 1 atom stereocenters. The van der Waals surface area contributed by atoms with Crippen LogP contribution in [-0.4, -0.2) is 40.4 Å². The molecule has 29 heavy (non-hydrogen) atoms. The Hall–Kier alpha value is -2.51. The lowest BCUT2D eigenvalue weighted by molar-refractivity contribution is -0.130. The van der Waals surface area contributed by atoms with Crippen molar-refractivity contribution in [1.29, 1.82) is 0 Å². The zero-order valence-corrected chi connectivity index (χ0v) is 18.0. The van der Waals surface area contributed by atoms with Gasteiger partial charge in [0, 0.05) is 22.5 Å². The standard InChI is InChI=1S/C21H22ClN3O3S/c1-4-18(29-17-10-8-15(22)9-11-17)21(26)25(2)13-19-23-20(24-28-19)14-6-5-7-16(12-14)27-3/h5-12,18H,4,13H2,1-3H3/t18-/m0/s1. The molecule has 1 heterocycles. The molecule has 3 aromatic rings. The Balaban J connectivity index is 1.65. The van der Waals surface area contributed by atoms with E-state index in [1.54, 1.807) is 19.1 Å². The molecular weight excluding hydrogens is 410 g/mol. The van der Waals surface area contributed by atoms with Crippen LogP contribution in [-0.2, 0) is 11.3 Å². The van der Waals surface area contributed by atoms with Gasteiger partial charge in [-0.15, -0.1) is 11.8 Å². The highest BCUT2D eigenvalue weighted by atomic mass is 35.5. The fraction of sp³-hybridized carbons (Fsp3) is 0.286. The summed E-state index contributed by atoms with van der Waals surface area (Å²) in [5, 5.41) is 4.49. The number of amides is 1. The number of carbonyl (C=O) groups is 1. The number of ether oxygens (including phenoxy) is 1. The number of nitrogens with zero attached hydrogens (tertiary/aromatic N) is 3. The number of aromatic nitrogens is 2. The van der Waals surface area contributed by atoms with E-state index in [1.165, 1.54) is 11.8 Å². The van der Waals surface area contributed by atoms with Crippen LogP contribution in [0.4, 0.5) is 0 Å². The summed E-state index contributed by atoms with van der Waals surface area (Å²) in [7, 11) is 3.34. The minimum atomic E-state index is -0.207. The summed E-state index contributed by atoms with van der Waals surface area (Å²) < 4.78 is 10.6. The molecule has 0 aliphatic heterocycles. The fourth-order valence-electron chi connectivity index (χ4n) is 2.71. The number of halogens is 1. The Morgan fingerprint density at radius 2 is 2.03 bits per heavy atom. The van der Waals surface area contributed by atoms with Crippen molar-refractivity contribution in [3.05, 3.63) is 59.4 Å². The predicted molar refractivity (Wildman–Crippen MR) is 114 cm³/mol. The molecule has 1 amide bonds. The second-order valence-corrected chi connectivity index (χ2v) is 8.12. The van der Waals surface area contributed by atoms with Crippen LogP contribution < -0.4 is 4.74 Å². The van der Waals surface area contributed by atoms with Gasteiger partial charge in [0.25, 0.3) is 0 Å². The van der Waals surface area contributed by atoms with Gasteiger partial charge < -0.3 is 14.2 Å². The van der Waals surface area contributed by atoms with Gasteiger partial charge in [-0.2, -0.15) is 4.98 Å². The monoisotopic (exact) mass is 431 g/mol. The third-order valence-electron chi connectivity index (χ3n) is 4.28. The molecule has 0 aliphatic rings. The van der Waals surface area contributed by atoms with Crippen molar-refractivity contribution in [3.63, 3.8) is 0 Å². The summed E-state index contributed by atoms with van der Waals surface area (Å²) in [5.74, 6) is 1.56. The molecule has 0 saturated carbocycles. The summed E-state index contributed by atoms with van der Waals surface area (Å²) in [4.78, 5) is 19.9. The van der Waals surface area contributed by atoms with E-state index in [0.29, 0.717) is 28.9 Å². The van der Waals surface area contributed by atoms with Gasteiger partial charge in [0.2, 0.25) is 17.6 Å². The van der Waals surface area contributed by atoms with Crippen molar-refractivity contribution in [3.8, 4) is 17.1 Å². The Bertz CT molecular complexity index is 962. The average molecular weight is 432 g/mol. The van der Waals surface area contributed by atoms with Gasteiger partial charge in [0.05, 0.1) is 18.9 Å². The van der Waals surface area contributed by atoms with Crippen molar-refractivity contribution in [2.24, 2.45) is 0 Å². The lowest BCUT2D eigenvalue weighted by Gasteiger charge is -2.21. The van der Waals surface area contributed by atoms with Crippen LogP contribution in [0, 0.1) is 0 Å². The predicted octanol–water partition coefficient (Wildman–Crippen LogP) is 4.93. The molecule has 0 unspecified atom stereocenters. The van der Waals surface area contributed by atoms with E-state index in [2.05, 4.69) is 10.1 Å². The minimum Gasteiger partial charge on any atom is -0.497 e. The van der Waals surface area contributed by atoms with Crippen LogP contribution in [0.15, 0.2) is 57.9 Å². The number of hydrogen-bond donors (Lipinski definition) is 0. The number of rotatable bonds is 8. The molecule has 0 spiro atoms. The fourth-order valence-corrected chi connectivity index (χ4v) is 3.91. The molecular formula is C21H22ClN3O3S. The highest BCUT2D eigenvalue weighted by Crippen LogP contribution is 2.28. The van der Waals surface area contributed by atoms with Gasteiger partial charge in [-0.05, 0) is 42.8 Å². The van der Waals surface area contributed by atoms with Crippen LogP contribution in [0.1, 0.15) is 19.2 Å². The summed E-state index contributed by atoms with van der Waals surface area (Å²) in [6.07, 6.45) is 0.704. The third-order valence-corrected chi connectivity index (χ3v) is 5.90. The van der Waals surface area contributed by atoms with Crippen LogP contribution in [0.2, 0.25) is 5.02 Å². The topological polar surface area (TPSA) is 68.5 Å². The van der Waals surface area contributed by atoms with E-state index >= 15 is 0 Å². The van der Waals surface area contributed by atoms with E-state index in [0.717, 1.165) is 10.5 Å². The zero-order chi connectivity index (χ0) is 20.8. The number of hydrogen-bond acceptors (Lipinski definition) is 6. The first kappa shape index (κ1) is 21.2. The van der Waals surface area contributed by atoms with Crippen LogP contribution >= 0.6 is 23.4 Å². The highest BCUT2D eigenvalue weighted by Gasteiger charge is 2.23. The maximum atomic E-state index is 12.9. The first-order valence-electron chi connectivity index (χ1n) is 9.14. The number of methoxy groups -OCH3 is 1. The van der Waals surface area contributed by atoms with Gasteiger partial charge in [0.1, 0.15) is 5.75 Å². The number of thioether (sulfide) groups is 1. The van der Waals surface area contributed by atoms with Gasteiger partial charge in [-0.3, -0.25) is 4.79 Å². The molecule has 0 bridgehead atoms. The Labute approximate surface area is 179 Å². The van der Waals surface area contributed by atoms with Gasteiger partial charge in [-0.1, -0.05) is 35.8 Å². The number of benzene rings is 2. The lowest BCUT2D eigenvalue weighted by Crippen LogP contribution is -2.34. The van der Waals surface area contributed by atoms with Gasteiger partial charge in [-0.25, -0.2) is 0 Å². The van der Waals surface area contributed by atoms with Crippen molar-refractivity contribution in [2.45, 2.75) is 30.0 Å². The van der Waals surface area contributed by atoms with E-state index in [4.69, 9.17) is 20.9 Å². The van der Waals surface area contributed by atoms with Crippen molar-refractivity contribution >= 4 is 29.3 Å². The first-order valence-corrected chi connectivity index (χ1v) is 10.4. The van der Waals surface area contributed by atoms with Crippen molar-refractivity contribution < 1.29 is 14.1 Å². The highest BCUT2D eigenvalue weighted by molar-refractivity contribution is 8.00. The SMILES string of the molecule is CC[C@H](Sc1ccc(Cl)cc1)C(=O)N(C)Cc1nc(-c2cccc(OC)c2)no1. The molecule has 2 aromatic carbocycles. The first-order chi connectivity index (χ1) is 14.0. The Kier molecular flexibility index (Phi) is 7.17. The molecule has 6 nitrogen and oxygen atoms in total. The number of carbonyl (C=O) groups excluding carboxylic acids is 1. The smallest absolute Gasteiger partial charge is 0.246 e. The van der Waals surface area contributed by atoms with Gasteiger partial charge in [0.15, 0.2) is 0 Å². The maximum absolute atomic E-state index is 12.9. The normalized spacial score (nSPS) is 11.9. The Morgan fingerprint density at radius 3 is 2.72 bits per heavy atom. The zero-order valence-electron chi connectivity index (χ0n) is 16.5. The van der Waals surface area contributed by atoms with Crippen molar-refractivity contribution in [1.82, 2.24) is 15.0 Å². The second-order valence-electron chi connectivity index (χ2n) is 6.41. The average Bonchev–Trinajstić information content (AvgIpc) is 3.21. The summed E-state index contributed by atoms with van der Waals surface area (Å²) in [5.41, 5.74) is 0.790. The molecule has 152 valence electrons. The molecule has 0 saturated heterocycles. The summed E-state index contributed by atoms with van der Waals surface area (Å²) in [6.45, 7) is 2.24. The summed E-state index contributed by atoms with van der Waals surface area (Å²) in [6, 6.07) is 14.9. The van der Waals surface area contributed by atoms with Crippen LogP contribution in [0.3, 0.4) is 0 Å². The van der Waals surface area contributed by atoms with E-state index in [9.17, 15) is 4.79 Å². The molecule has 0 aliphatic carbocycles. The molecule has 0 fully saturated rings. The van der Waals surface area contributed by atoms with E-state index < -0.39 is 0 Å². The molecule has 0 radical (unpaired) electrons. The largest absolute Gasteiger partial charge is 0.497 e. The van der Waals surface area contributed by atoms with Gasteiger partial charge >= 0.3 is 0 Å². The Morgan fingerprint density at radius 1 is 1.28 bits per heavy atom. The van der Waals surface area contributed by atoms with Crippen molar-refractivity contribution in [2.75, 3.05) is 14.2 Å². The molecule has 8 heteroatoms. The lowest BCUT2D eigenvalue weighted by atomic mass is 10.2. The third kappa shape index (κ3) is 5.52. The molecule has 0 N–H and O–H groups in total. The minimum absolute atomic E-state index is 0.00794. The van der Waals surface area contributed by atoms with Crippen LogP contribution in [0.25, 0.3) is 11.4 Å².